The standard InChI is InChI=1S/C20H30N2O2/c1-19(17-7-4-3-5-8-17)9-6-14-22(15-19)18(23)20(16-24-2)10-12-21-13-11-20/h3-5,7-8,21H,6,9-16H2,1-2H3. The van der Waals surface area contributed by atoms with Crippen molar-refractivity contribution in [1.29, 1.82) is 0 Å². The minimum absolute atomic E-state index is 0.0519. The van der Waals surface area contributed by atoms with Crippen LogP contribution in [0.2, 0.25) is 0 Å². The van der Waals surface area contributed by atoms with E-state index in [-0.39, 0.29) is 10.8 Å². The van der Waals surface area contributed by atoms with Crippen molar-refractivity contribution in [3.8, 4) is 0 Å². The summed E-state index contributed by atoms with van der Waals surface area (Å²) in [5.74, 6) is 0.299. The van der Waals surface area contributed by atoms with Gasteiger partial charge in [0.15, 0.2) is 0 Å². The number of nitrogens with one attached hydrogen (secondary N) is 1. The van der Waals surface area contributed by atoms with Gasteiger partial charge in [0, 0.05) is 25.6 Å². The second-order valence-corrected chi connectivity index (χ2v) is 7.72. The Bertz CT molecular complexity index is 549. The number of likely N-dealkylation sites (tertiary alicyclic amines) is 1. The van der Waals surface area contributed by atoms with Gasteiger partial charge in [0.2, 0.25) is 5.91 Å². The highest BCUT2D eigenvalue weighted by Crippen LogP contribution is 2.37. The molecule has 24 heavy (non-hydrogen) atoms. The highest BCUT2D eigenvalue weighted by Gasteiger charge is 2.45. The zero-order chi connectivity index (χ0) is 17.0. The number of carbonyl (C=O) groups is 1. The lowest BCUT2D eigenvalue weighted by Crippen LogP contribution is -2.56. The molecule has 1 aromatic carbocycles. The molecule has 1 aromatic rings. The lowest BCUT2D eigenvalue weighted by molar-refractivity contribution is -0.149. The smallest absolute Gasteiger partial charge is 0.231 e. The van der Waals surface area contributed by atoms with Gasteiger partial charge in [0.05, 0.1) is 12.0 Å². The molecule has 0 saturated carbocycles. The van der Waals surface area contributed by atoms with Crippen LogP contribution in [0.5, 0.6) is 0 Å². The van der Waals surface area contributed by atoms with Crippen molar-refractivity contribution in [2.24, 2.45) is 5.41 Å². The zero-order valence-corrected chi connectivity index (χ0v) is 15.0. The van der Waals surface area contributed by atoms with Crippen LogP contribution in [0, 0.1) is 5.41 Å². The number of benzene rings is 1. The van der Waals surface area contributed by atoms with Crippen LogP contribution in [-0.4, -0.2) is 50.7 Å². The van der Waals surface area contributed by atoms with Crippen LogP contribution < -0.4 is 5.32 Å². The van der Waals surface area contributed by atoms with Crippen LogP contribution in [0.4, 0.5) is 0 Å². The molecule has 1 atom stereocenters. The van der Waals surface area contributed by atoms with Gasteiger partial charge >= 0.3 is 0 Å². The largest absolute Gasteiger partial charge is 0.384 e. The summed E-state index contributed by atoms with van der Waals surface area (Å²) >= 11 is 0. The van der Waals surface area contributed by atoms with E-state index in [1.807, 2.05) is 0 Å². The second-order valence-electron chi connectivity index (χ2n) is 7.72. The summed E-state index contributed by atoms with van der Waals surface area (Å²) in [6.07, 6.45) is 3.95. The molecular formula is C20H30N2O2. The summed E-state index contributed by atoms with van der Waals surface area (Å²) in [6.45, 7) is 6.33. The van der Waals surface area contributed by atoms with Crippen LogP contribution in [0.15, 0.2) is 30.3 Å². The van der Waals surface area contributed by atoms with Gasteiger partial charge in [-0.15, -0.1) is 0 Å². The van der Waals surface area contributed by atoms with Crippen LogP contribution in [-0.2, 0) is 14.9 Å². The highest BCUT2D eigenvalue weighted by molar-refractivity contribution is 5.83. The Kier molecular flexibility index (Phi) is 5.26. The molecule has 0 aromatic heterocycles. The Balaban J connectivity index is 1.79. The summed E-state index contributed by atoms with van der Waals surface area (Å²) < 4.78 is 5.46. The van der Waals surface area contributed by atoms with Crippen molar-refractivity contribution in [3.05, 3.63) is 35.9 Å². The van der Waals surface area contributed by atoms with E-state index in [2.05, 4.69) is 47.5 Å². The molecule has 0 spiro atoms. The molecule has 2 fully saturated rings. The summed E-state index contributed by atoms with van der Waals surface area (Å²) in [7, 11) is 1.71. The van der Waals surface area contributed by atoms with E-state index in [4.69, 9.17) is 4.74 Å². The Hall–Kier alpha value is -1.39. The fraction of sp³-hybridized carbons (Fsp3) is 0.650. The van der Waals surface area contributed by atoms with Gasteiger partial charge < -0.3 is 15.0 Å². The third kappa shape index (κ3) is 3.35. The van der Waals surface area contributed by atoms with E-state index in [1.54, 1.807) is 7.11 Å². The summed E-state index contributed by atoms with van der Waals surface area (Å²) in [6, 6.07) is 10.6. The van der Waals surface area contributed by atoms with Gasteiger partial charge in [0.1, 0.15) is 0 Å². The first-order valence-corrected chi connectivity index (χ1v) is 9.14. The van der Waals surface area contributed by atoms with E-state index in [9.17, 15) is 4.79 Å². The van der Waals surface area contributed by atoms with Crippen molar-refractivity contribution >= 4 is 5.91 Å². The van der Waals surface area contributed by atoms with E-state index in [0.29, 0.717) is 12.5 Å². The van der Waals surface area contributed by atoms with E-state index >= 15 is 0 Å². The minimum atomic E-state index is -0.338. The minimum Gasteiger partial charge on any atom is -0.384 e. The lowest BCUT2D eigenvalue weighted by atomic mass is 9.73. The average molecular weight is 330 g/mol. The van der Waals surface area contributed by atoms with E-state index < -0.39 is 0 Å². The molecule has 4 nitrogen and oxygen atoms in total. The molecule has 2 saturated heterocycles. The zero-order valence-electron chi connectivity index (χ0n) is 15.0. The molecule has 0 radical (unpaired) electrons. The molecule has 0 bridgehead atoms. The number of carbonyl (C=O) groups excluding carboxylic acids is 1. The maximum atomic E-state index is 13.4. The van der Waals surface area contributed by atoms with Gasteiger partial charge in [-0.25, -0.2) is 0 Å². The first-order valence-electron chi connectivity index (χ1n) is 9.14. The molecule has 2 aliphatic heterocycles. The topological polar surface area (TPSA) is 41.6 Å². The van der Waals surface area contributed by atoms with Gasteiger partial charge in [0.25, 0.3) is 0 Å². The quantitative estimate of drug-likeness (QED) is 0.922. The van der Waals surface area contributed by atoms with E-state index in [1.165, 1.54) is 5.56 Å². The fourth-order valence-corrected chi connectivity index (χ4v) is 4.43. The first kappa shape index (κ1) is 17.4. The molecule has 0 aliphatic carbocycles. The van der Waals surface area contributed by atoms with Crippen LogP contribution >= 0.6 is 0 Å². The van der Waals surface area contributed by atoms with Crippen LogP contribution in [0.25, 0.3) is 0 Å². The maximum Gasteiger partial charge on any atom is 0.231 e. The van der Waals surface area contributed by atoms with Crippen molar-refractivity contribution in [1.82, 2.24) is 10.2 Å². The van der Waals surface area contributed by atoms with Crippen molar-refractivity contribution in [2.45, 2.75) is 38.0 Å². The monoisotopic (exact) mass is 330 g/mol. The molecular weight excluding hydrogens is 300 g/mol. The van der Waals surface area contributed by atoms with Gasteiger partial charge in [-0.05, 0) is 44.3 Å². The number of ether oxygens (including phenoxy) is 1. The molecule has 1 unspecified atom stereocenters. The lowest BCUT2D eigenvalue weighted by Gasteiger charge is -2.46. The maximum absolute atomic E-state index is 13.4. The molecule has 3 rings (SSSR count). The Morgan fingerprint density at radius 1 is 1.21 bits per heavy atom. The summed E-state index contributed by atoms with van der Waals surface area (Å²) in [4.78, 5) is 15.5. The highest BCUT2D eigenvalue weighted by atomic mass is 16.5. The van der Waals surface area contributed by atoms with Crippen molar-refractivity contribution < 1.29 is 9.53 Å². The predicted octanol–water partition coefficient (Wildman–Crippen LogP) is 2.58. The Morgan fingerprint density at radius 2 is 1.92 bits per heavy atom. The molecule has 132 valence electrons. The van der Waals surface area contributed by atoms with Crippen molar-refractivity contribution in [3.63, 3.8) is 0 Å². The normalized spacial score (nSPS) is 27.0. The molecule has 4 heteroatoms. The van der Waals surface area contributed by atoms with Crippen LogP contribution in [0.3, 0.4) is 0 Å². The Morgan fingerprint density at radius 3 is 2.58 bits per heavy atom. The van der Waals surface area contributed by atoms with Gasteiger partial charge in [-0.1, -0.05) is 37.3 Å². The Labute approximate surface area is 145 Å². The van der Waals surface area contributed by atoms with Crippen LogP contribution in [0.1, 0.15) is 38.2 Å². The predicted molar refractivity (Wildman–Crippen MR) is 96.0 cm³/mol. The number of hydrogen-bond donors (Lipinski definition) is 1. The molecule has 1 N–H and O–H groups in total. The third-order valence-corrected chi connectivity index (χ3v) is 5.89. The SMILES string of the molecule is COCC1(C(=O)N2CCCC(C)(c3ccccc3)C2)CCNCC1. The number of amides is 1. The molecule has 1 amide bonds. The first-order chi connectivity index (χ1) is 11.6. The number of rotatable bonds is 4. The number of methoxy groups -OCH3 is 1. The second kappa shape index (κ2) is 7.24. The average Bonchev–Trinajstić information content (AvgIpc) is 2.63. The van der Waals surface area contributed by atoms with Gasteiger partial charge in [-0.3, -0.25) is 4.79 Å². The number of piperidine rings is 2. The molecule has 2 heterocycles. The van der Waals surface area contributed by atoms with Gasteiger partial charge in [-0.2, -0.15) is 0 Å². The van der Waals surface area contributed by atoms with Crippen molar-refractivity contribution in [2.75, 3.05) is 39.9 Å². The third-order valence-electron chi connectivity index (χ3n) is 5.89. The summed E-state index contributed by atoms with van der Waals surface area (Å²) in [5.41, 5.74) is 1.05. The fourth-order valence-electron chi connectivity index (χ4n) is 4.43. The molecule has 2 aliphatic rings. The summed E-state index contributed by atoms with van der Waals surface area (Å²) in [5, 5.41) is 3.37. The van der Waals surface area contributed by atoms with E-state index in [0.717, 1.165) is 51.9 Å². The number of nitrogens with zero attached hydrogens (tertiary/aromatic N) is 1. The number of hydrogen-bond acceptors (Lipinski definition) is 3.